The van der Waals surface area contributed by atoms with Gasteiger partial charge in [-0.2, -0.15) is 10.2 Å². The third kappa shape index (κ3) is 7.98. The number of nitrogens with zero attached hydrogens (tertiary/aromatic N) is 8. The van der Waals surface area contributed by atoms with E-state index in [2.05, 4.69) is 40.8 Å². The minimum atomic E-state index is -2.87. The van der Waals surface area contributed by atoms with Gasteiger partial charge in [-0.1, -0.05) is 12.1 Å². The van der Waals surface area contributed by atoms with Crippen molar-refractivity contribution in [1.82, 2.24) is 39.5 Å². The molecular formula is C46H49F2N11O6. The first kappa shape index (κ1) is 41.4. The van der Waals surface area contributed by atoms with Crippen LogP contribution in [0.1, 0.15) is 84.9 Å². The Morgan fingerprint density at radius 3 is 2.52 bits per heavy atom. The molecule has 0 spiro atoms. The van der Waals surface area contributed by atoms with E-state index in [1.807, 2.05) is 36.4 Å². The molecule has 6 aromatic rings. The van der Waals surface area contributed by atoms with E-state index in [0.717, 1.165) is 98.9 Å². The molecule has 4 aliphatic heterocycles. The number of benzene rings is 2. The number of halogens is 2. The van der Waals surface area contributed by atoms with E-state index < -0.39 is 23.9 Å². The van der Waals surface area contributed by atoms with Crippen molar-refractivity contribution in [1.29, 1.82) is 0 Å². The zero-order valence-corrected chi connectivity index (χ0v) is 35.6. The van der Waals surface area contributed by atoms with Gasteiger partial charge in [0.1, 0.15) is 17.0 Å². The zero-order chi connectivity index (χ0) is 44.3. The molecule has 4 amide bonds. The summed E-state index contributed by atoms with van der Waals surface area (Å²) in [7, 11) is 0. The molecule has 5 aliphatic rings. The standard InChI is InChI=1S/C46H49F2N11O6/c47-43(48)42-36(51-46(63)33-19-49-58-13-12-38(52-44(33)58)57-21-29-18-28(57)24-64-29)22-59(54-42)27-6-4-26(5-7-27)20-55-14-16-56(17-15-55)23-40(61)50-35-3-1-2-31-30(35)8-10-37-41(31)34(25-65-37)32-9-11-39(60)53-45(32)62/h1-3,8,10,12-13,19,22,25-29,32,43H,4-7,9,11,14-18,20-21,23-24H2,(H,50,61)(H,51,63)(H,53,60,62)/t26?,27?,28-,29-,32?/m1/s1. The fraction of sp³-hybridized carbons (Fsp3) is 0.457. The maximum absolute atomic E-state index is 14.3. The summed E-state index contributed by atoms with van der Waals surface area (Å²) in [4.78, 5) is 63.0. The second kappa shape index (κ2) is 16.9. The average molecular weight is 890 g/mol. The lowest BCUT2D eigenvalue weighted by Crippen LogP contribution is -2.49. The first-order chi connectivity index (χ1) is 31.6. The Balaban J connectivity index is 0.667. The van der Waals surface area contributed by atoms with Crippen molar-refractivity contribution in [3.05, 3.63) is 78.1 Å². The van der Waals surface area contributed by atoms with E-state index in [0.29, 0.717) is 35.9 Å². The number of amides is 4. The molecule has 11 rings (SSSR count). The summed E-state index contributed by atoms with van der Waals surface area (Å²) in [5, 5.41) is 19.3. The molecule has 1 aliphatic carbocycles. The second-order valence-corrected chi connectivity index (χ2v) is 18.1. The molecule has 1 unspecified atom stereocenters. The summed E-state index contributed by atoms with van der Waals surface area (Å²) in [6.07, 6.45) is 8.61. The van der Waals surface area contributed by atoms with Gasteiger partial charge >= 0.3 is 0 Å². The SMILES string of the molecule is O=C1CCC(c2coc3ccc4c(NC(=O)CN5CCN(CC6CCC(n7cc(NC(=O)c8cnn9ccc(N%10C[C@H]%11C[C@@H]%10CO%11)nc89)c(C(F)F)n7)CC6)CC5)cccc4c23)C(=O)N1. The van der Waals surface area contributed by atoms with Gasteiger partial charge in [0.05, 0.1) is 55.4 Å². The largest absolute Gasteiger partial charge is 0.464 e. The Labute approximate surface area is 371 Å². The van der Waals surface area contributed by atoms with Crippen LogP contribution in [0.2, 0.25) is 0 Å². The first-order valence-corrected chi connectivity index (χ1v) is 22.5. The number of piperidine rings is 1. The van der Waals surface area contributed by atoms with Gasteiger partial charge in [-0.25, -0.2) is 18.3 Å². The van der Waals surface area contributed by atoms with Crippen LogP contribution in [0.3, 0.4) is 0 Å². The number of anilines is 3. The van der Waals surface area contributed by atoms with Crippen molar-refractivity contribution in [3.8, 4) is 0 Å². The van der Waals surface area contributed by atoms with Gasteiger partial charge in [0.25, 0.3) is 12.3 Å². The predicted molar refractivity (Wildman–Crippen MR) is 235 cm³/mol. The van der Waals surface area contributed by atoms with Crippen molar-refractivity contribution in [3.63, 3.8) is 0 Å². The summed E-state index contributed by atoms with van der Waals surface area (Å²) < 4.78 is 43.3. The summed E-state index contributed by atoms with van der Waals surface area (Å²) in [6, 6.07) is 11.5. The van der Waals surface area contributed by atoms with Crippen molar-refractivity contribution >= 4 is 68.2 Å². The van der Waals surface area contributed by atoms with Gasteiger partial charge in [-0.15, -0.1) is 0 Å². The van der Waals surface area contributed by atoms with E-state index >= 15 is 0 Å². The van der Waals surface area contributed by atoms with Crippen LogP contribution in [-0.4, -0.2) is 122 Å². The number of morpholine rings is 1. The second-order valence-electron chi connectivity index (χ2n) is 18.1. The van der Waals surface area contributed by atoms with Gasteiger partial charge in [0.2, 0.25) is 17.7 Å². The lowest BCUT2D eigenvalue weighted by Gasteiger charge is -2.38. The molecule has 65 heavy (non-hydrogen) atoms. The monoisotopic (exact) mass is 889 g/mol. The third-order valence-electron chi connectivity index (χ3n) is 14.1. The molecule has 338 valence electrons. The van der Waals surface area contributed by atoms with E-state index in [9.17, 15) is 28.0 Å². The number of aromatic nitrogens is 5. The number of piperazine rings is 1. The summed E-state index contributed by atoms with van der Waals surface area (Å²) in [5.41, 5.74) is 2.10. The number of nitrogens with one attached hydrogen (secondary N) is 3. The van der Waals surface area contributed by atoms with Crippen LogP contribution in [-0.2, 0) is 19.1 Å². The molecule has 5 fully saturated rings. The highest BCUT2D eigenvalue weighted by molar-refractivity contribution is 6.15. The van der Waals surface area contributed by atoms with Crippen molar-refractivity contribution < 1.29 is 37.1 Å². The molecule has 2 bridgehead atoms. The van der Waals surface area contributed by atoms with E-state index in [1.165, 1.54) is 16.9 Å². The molecule has 4 aromatic heterocycles. The Kier molecular flexibility index (Phi) is 10.8. The number of hydrogen-bond acceptors (Lipinski definition) is 12. The Hall–Kier alpha value is -6.31. The Morgan fingerprint density at radius 2 is 1.75 bits per heavy atom. The zero-order valence-electron chi connectivity index (χ0n) is 35.6. The van der Waals surface area contributed by atoms with Crippen LogP contribution < -0.4 is 20.9 Å². The number of furan rings is 1. The van der Waals surface area contributed by atoms with Crippen LogP contribution in [0.15, 0.2) is 65.7 Å². The molecule has 2 aromatic carbocycles. The van der Waals surface area contributed by atoms with Gasteiger partial charge in [0, 0.05) is 80.1 Å². The highest BCUT2D eigenvalue weighted by atomic mass is 19.3. The number of rotatable bonds is 11. The van der Waals surface area contributed by atoms with Crippen molar-refractivity contribution in [2.45, 2.75) is 75.5 Å². The number of ether oxygens (including phenoxy) is 1. The lowest BCUT2D eigenvalue weighted by molar-refractivity contribution is -0.134. The smallest absolute Gasteiger partial charge is 0.284 e. The van der Waals surface area contributed by atoms with Gasteiger partial charge in [0.15, 0.2) is 11.3 Å². The van der Waals surface area contributed by atoms with Crippen LogP contribution in [0, 0.1) is 5.92 Å². The van der Waals surface area contributed by atoms with Crippen molar-refractivity contribution in [2.75, 3.05) is 68.0 Å². The lowest BCUT2D eigenvalue weighted by atomic mass is 9.85. The Morgan fingerprint density at radius 1 is 0.923 bits per heavy atom. The molecule has 3 N–H and O–H groups in total. The fourth-order valence-corrected chi connectivity index (χ4v) is 10.7. The van der Waals surface area contributed by atoms with E-state index in [1.54, 1.807) is 17.1 Å². The predicted octanol–water partition coefficient (Wildman–Crippen LogP) is 5.50. The van der Waals surface area contributed by atoms with Crippen LogP contribution in [0.4, 0.5) is 26.0 Å². The van der Waals surface area contributed by atoms with Gasteiger partial charge < -0.3 is 29.6 Å². The maximum atomic E-state index is 14.3. The normalized spacial score (nSPS) is 24.2. The van der Waals surface area contributed by atoms with Crippen LogP contribution in [0.25, 0.3) is 27.4 Å². The number of fused-ring (bicyclic) bond motifs is 6. The Bertz CT molecular complexity index is 2830. The summed E-state index contributed by atoms with van der Waals surface area (Å²) in [5.74, 6) is -0.611. The minimum Gasteiger partial charge on any atom is -0.464 e. The number of imide groups is 1. The highest BCUT2D eigenvalue weighted by Crippen LogP contribution is 2.40. The molecular weight excluding hydrogens is 841 g/mol. The number of alkyl halides is 2. The van der Waals surface area contributed by atoms with Crippen LogP contribution in [0.5, 0.6) is 0 Å². The average Bonchev–Trinajstić information content (AvgIpc) is 4.17. The van der Waals surface area contributed by atoms with Gasteiger partial charge in [-0.3, -0.25) is 34.1 Å². The van der Waals surface area contributed by atoms with Gasteiger partial charge in [-0.05, 0) is 74.1 Å². The molecule has 1 saturated carbocycles. The number of carbonyl (C=O) groups excluding carboxylic acids is 4. The van der Waals surface area contributed by atoms with E-state index in [4.69, 9.17) is 14.1 Å². The number of carbonyl (C=O) groups is 4. The molecule has 0 radical (unpaired) electrons. The molecule has 17 nitrogen and oxygen atoms in total. The third-order valence-corrected chi connectivity index (χ3v) is 14.1. The molecule has 4 saturated heterocycles. The van der Waals surface area contributed by atoms with Crippen LogP contribution >= 0.6 is 0 Å². The van der Waals surface area contributed by atoms with E-state index in [-0.39, 0.29) is 60.1 Å². The topological polar surface area (TPSA) is 184 Å². The number of hydrogen-bond donors (Lipinski definition) is 3. The highest BCUT2D eigenvalue weighted by Gasteiger charge is 2.40. The fourth-order valence-electron chi connectivity index (χ4n) is 10.7. The molecule has 8 heterocycles. The summed E-state index contributed by atoms with van der Waals surface area (Å²) >= 11 is 0. The maximum Gasteiger partial charge on any atom is 0.284 e. The first-order valence-electron chi connectivity index (χ1n) is 22.5. The summed E-state index contributed by atoms with van der Waals surface area (Å²) in [6.45, 7) is 5.73. The van der Waals surface area contributed by atoms with Crippen molar-refractivity contribution in [2.24, 2.45) is 5.92 Å². The molecule has 3 atom stereocenters. The minimum absolute atomic E-state index is 0.0170. The molecule has 19 heteroatoms. The quantitative estimate of drug-likeness (QED) is 0.139.